The van der Waals surface area contributed by atoms with Gasteiger partial charge in [-0.05, 0) is 18.8 Å². The summed E-state index contributed by atoms with van der Waals surface area (Å²) >= 11 is 0. The number of alkyl halides is 2. The quantitative estimate of drug-likeness (QED) is 0.618. The molecule has 0 radical (unpaired) electrons. The molecule has 70 valence electrons. The van der Waals surface area contributed by atoms with Crippen LogP contribution in [0.2, 0.25) is 0 Å². The maximum atomic E-state index is 12.8. The predicted molar refractivity (Wildman–Crippen MR) is 39.9 cm³/mol. The van der Waals surface area contributed by atoms with Gasteiger partial charge in [0.25, 0.3) is 5.92 Å². The van der Waals surface area contributed by atoms with Crippen molar-refractivity contribution in [2.75, 3.05) is 0 Å². The molecular formula is C8H12F2O2. The molecule has 0 spiro atoms. The average Bonchev–Trinajstić information content (AvgIpc) is 2.17. The van der Waals surface area contributed by atoms with E-state index in [-0.39, 0.29) is 6.42 Å². The number of hydrogen-bond donors (Lipinski definition) is 2. The zero-order chi connectivity index (χ0) is 9.35. The highest BCUT2D eigenvalue weighted by Crippen LogP contribution is 2.40. The van der Waals surface area contributed by atoms with Crippen molar-refractivity contribution < 1.29 is 19.0 Å². The molecular weight excluding hydrogens is 166 g/mol. The van der Waals surface area contributed by atoms with Crippen LogP contribution < -0.4 is 0 Å². The first-order valence-corrected chi connectivity index (χ1v) is 3.85. The van der Waals surface area contributed by atoms with E-state index in [1.807, 2.05) is 0 Å². The van der Waals surface area contributed by atoms with Crippen LogP contribution in [0.15, 0.2) is 12.7 Å². The fourth-order valence-corrected chi connectivity index (χ4v) is 1.52. The van der Waals surface area contributed by atoms with Gasteiger partial charge in [-0.25, -0.2) is 8.78 Å². The Kier molecular flexibility index (Phi) is 2.49. The lowest BCUT2D eigenvalue weighted by atomic mass is 10.0. The molecule has 1 saturated carbocycles. The Morgan fingerprint density at radius 3 is 2.42 bits per heavy atom. The standard InChI is InChI=1S/C8H12F2O2/c1-2-3-5-4-6(11)8(9,10)7(5)12/h2,5-7,11-12H,1,3-4H2/t5-,6-,7-/m1/s1. The van der Waals surface area contributed by atoms with Gasteiger partial charge in [0.05, 0.1) is 0 Å². The van der Waals surface area contributed by atoms with E-state index < -0.39 is 24.0 Å². The van der Waals surface area contributed by atoms with Gasteiger partial charge in [0, 0.05) is 0 Å². The lowest BCUT2D eigenvalue weighted by Gasteiger charge is -2.18. The van der Waals surface area contributed by atoms with E-state index in [9.17, 15) is 8.78 Å². The van der Waals surface area contributed by atoms with Crippen molar-refractivity contribution in [3.8, 4) is 0 Å². The average molecular weight is 178 g/mol. The molecule has 3 atom stereocenters. The lowest BCUT2D eigenvalue weighted by Crippen LogP contribution is -2.38. The van der Waals surface area contributed by atoms with E-state index in [1.54, 1.807) is 0 Å². The van der Waals surface area contributed by atoms with Crippen LogP contribution in [0.3, 0.4) is 0 Å². The third-order valence-electron chi connectivity index (χ3n) is 2.28. The van der Waals surface area contributed by atoms with Crippen molar-refractivity contribution in [1.82, 2.24) is 0 Å². The van der Waals surface area contributed by atoms with Crippen molar-refractivity contribution in [2.45, 2.75) is 31.0 Å². The van der Waals surface area contributed by atoms with Gasteiger partial charge >= 0.3 is 0 Å². The number of aliphatic hydroxyl groups excluding tert-OH is 2. The maximum Gasteiger partial charge on any atom is 0.298 e. The van der Waals surface area contributed by atoms with Crippen LogP contribution in [0.4, 0.5) is 8.78 Å². The van der Waals surface area contributed by atoms with Gasteiger partial charge in [-0.15, -0.1) is 6.58 Å². The Labute approximate surface area is 69.5 Å². The third-order valence-corrected chi connectivity index (χ3v) is 2.28. The summed E-state index contributed by atoms with van der Waals surface area (Å²) in [7, 11) is 0. The van der Waals surface area contributed by atoms with Gasteiger partial charge in [0.2, 0.25) is 0 Å². The minimum Gasteiger partial charge on any atom is -0.387 e. The van der Waals surface area contributed by atoms with E-state index in [2.05, 4.69) is 6.58 Å². The van der Waals surface area contributed by atoms with Gasteiger partial charge in [-0.1, -0.05) is 6.08 Å². The zero-order valence-corrected chi connectivity index (χ0v) is 6.58. The molecule has 0 aliphatic heterocycles. The Morgan fingerprint density at radius 2 is 2.08 bits per heavy atom. The Bertz CT molecular complexity index is 182. The molecule has 1 aliphatic rings. The normalized spacial score (nSPS) is 39.8. The molecule has 4 heteroatoms. The van der Waals surface area contributed by atoms with Crippen molar-refractivity contribution in [1.29, 1.82) is 0 Å². The molecule has 0 bridgehead atoms. The molecule has 0 amide bonds. The van der Waals surface area contributed by atoms with Crippen LogP contribution in [0.25, 0.3) is 0 Å². The number of halogens is 2. The summed E-state index contributed by atoms with van der Waals surface area (Å²) in [5, 5.41) is 17.9. The van der Waals surface area contributed by atoms with Crippen molar-refractivity contribution in [2.24, 2.45) is 5.92 Å². The second-order valence-corrected chi connectivity index (χ2v) is 3.16. The monoisotopic (exact) mass is 178 g/mol. The largest absolute Gasteiger partial charge is 0.387 e. The first-order chi connectivity index (χ1) is 5.50. The first-order valence-electron chi connectivity index (χ1n) is 3.85. The second-order valence-electron chi connectivity index (χ2n) is 3.16. The molecule has 0 aromatic heterocycles. The molecule has 12 heavy (non-hydrogen) atoms. The zero-order valence-electron chi connectivity index (χ0n) is 6.58. The fourth-order valence-electron chi connectivity index (χ4n) is 1.52. The van der Waals surface area contributed by atoms with E-state index in [4.69, 9.17) is 10.2 Å². The first kappa shape index (κ1) is 9.61. The van der Waals surface area contributed by atoms with Crippen LogP contribution >= 0.6 is 0 Å². The van der Waals surface area contributed by atoms with Gasteiger partial charge in [-0.3, -0.25) is 0 Å². The molecule has 2 N–H and O–H groups in total. The summed E-state index contributed by atoms with van der Waals surface area (Å²) in [5.74, 6) is -3.92. The molecule has 0 heterocycles. The summed E-state index contributed by atoms with van der Waals surface area (Å²) in [6.07, 6.45) is -1.71. The molecule has 0 saturated heterocycles. The highest BCUT2D eigenvalue weighted by molar-refractivity contribution is 4.99. The van der Waals surface area contributed by atoms with Gasteiger partial charge in [0.15, 0.2) is 0 Å². The fraction of sp³-hybridized carbons (Fsp3) is 0.750. The smallest absolute Gasteiger partial charge is 0.298 e. The third kappa shape index (κ3) is 1.36. The molecule has 0 unspecified atom stereocenters. The molecule has 1 aliphatic carbocycles. The highest BCUT2D eigenvalue weighted by atomic mass is 19.3. The number of hydrogen-bond acceptors (Lipinski definition) is 2. The predicted octanol–water partition coefficient (Wildman–Crippen LogP) is 0.940. The summed E-state index contributed by atoms with van der Waals surface area (Å²) in [5.41, 5.74) is 0. The summed E-state index contributed by atoms with van der Waals surface area (Å²) < 4.78 is 25.5. The topological polar surface area (TPSA) is 40.5 Å². The molecule has 1 rings (SSSR count). The summed E-state index contributed by atoms with van der Waals surface area (Å²) in [4.78, 5) is 0. The molecule has 2 nitrogen and oxygen atoms in total. The Balaban J connectivity index is 2.68. The second kappa shape index (κ2) is 3.11. The van der Waals surface area contributed by atoms with Crippen LogP contribution in [0.5, 0.6) is 0 Å². The lowest BCUT2D eigenvalue weighted by molar-refractivity contribution is -0.148. The van der Waals surface area contributed by atoms with Crippen LogP contribution in [-0.2, 0) is 0 Å². The molecule has 0 aromatic rings. The van der Waals surface area contributed by atoms with E-state index >= 15 is 0 Å². The summed E-state index contributed by atoms with van der Waals surface area (Å²) in [6.45, 7) is 3.39. The van der Waals surface area contributed by atoms with Crippen LogP contribution in [-0.4, -0.2) is 28.3 Å². The van der Waals surface area contributed by atoms with Gasteiger partial charge in [0.1, 0.15) is 12.2 Å². The van der Waals surface area contributed by atoms with Crippen molar-refractivity contribution in [3.63, 3.8) is 0 Å². The minimum atomic E-state index is -3.35. The number of aliphatic hydroxyl groups is 2. The maximum absolute atomic E-state index is 12.8. The molecule has 1 fully saturated rings. The Hall–Kier alpha value is -0.480. The number of allylic oxidation sites excluding steroid dienone is 1. The highest BCUT2D eigenvalue weighted by Gasteiger charge is 2.55. The van der Waals surface area contributed by atoms with E-state index in [1.165, 1.54) is 6.08 Å². The van der Waals surface area contributed by atoms with E-state index in [0.717, 1.165) is 0 Å². The molecule has 0 aromatic carbocycles. The van der Waals surface area contributed by atoms with Gasteiger partial charge in [-0.2, -0.15) is 0 Å². The van der Waals surface area contributed by atoms with Crippen LogP contribution in [0, 0.1) is 5.92 Å². The number of rotatable bonds is 2. The van der Waals surface area contributed by atoms with Crippen molar-refractivity contribution in [3.05, 3.63) is 12.7 Å². The van der Waals surface area contributed by atoms with Gasteiger partial charge < -0.3 is 10.2 Å². The van der Waals surface area contributed by atoms with E-state index in [0.29, 0.717) is 6.42 Å². The minimum absolute atomic E-state index is 0.0554. The summed E-state index contributed by atoms with van der Waals surface area (Å²) in [6, 6.07) is 0. The van der Waals surface area contributed by atoms with Crippen molar-refractivity contribution >= 4 is 0 Å². The SMILES string of the molecule is C=CC[C@@H]1C[C@@H](O)C(F)(F)[C@@H]1O. The van der Waals surface area contributed by atoms with Crippen LogP contribution in [0.1, 0.15) is 12.8 Å². The Morgan fingerprint density at radius 1 is 1.50 bits per heavy atom.